The van der Waals surface area contributed by atoms with E-state index < -0.39 is 5.63 Å². The third-order valence-corrected chi connectivity index (χ3v) is 3.60. The molecule has 7 nitrogen and oxygen atoms in total. The van der Waals surface area contributed by atoms with E-state index in [1.807, 2.05) is 0 Å². The minimum Gasteiger partial charge on any atom is -0.508 e. The summed E-state index contributed by atoms with van der Waals surface area (Å²) in [6.45, 7) is 0. The second-order valence-electron chi connectivity index (χ2n) is 5.24. The van der Waals surface area contributed by atoms with Crippen molar-refractivity contribution in [2.24, 2.45) is 0 Å². The lowest BCUT2D eigenvalue weighted by Crippen LogP contribution is -2.10. The highest BCUT2D eigenvalue weighted by molar-refractivity contribution is 5.79. The number of rotatable bonds is 2. The minimum atomic E-state index is -0.588. The molecule has 24 heavy (non-hydrogen) atoms. The van der Waals surface area contributed by atoms with E-state index in [-0.39, 0.29) is 17.2 Å². The summed E-state index contributed by atoms with van der Waals surface area (Å²) < 4.78 is 6.56. The van der Waals surface area contributed by atoms with E-state index >= 15 is 0 Å². The van der Waals surface area contributed by atoms with Gasteiger partial charge in [0.05, 0.1) is 6.20 Å². The predicted octanol–water partition coefficient (Wildman–Crippen LogP) is 2.45. The maximum absolute atomic E-state index is 12.2. The molecule has 2 N–H and O–H groups in total. The topological polar surface area (TPSA) is 101 Å². The Labute approximate surface area is 135 Å². The number of phenolic OH excluding ortho intramolecular Hbond substituents is 2. The van der Waals surface area contributed by atoms with Crippen LogP contribution >= 0.6 is 0 Å². The molecular weight excluding hydrogens is 310 g/mol. The molecule has 0 amide bonds. The van der Waals surface area contributed by atoms with Crippen LogP contribution in [0.3, 0.4) is 0 Å². The van der Waals surface area contributed by atoms with Crippen LogP contribution in [0.2, 0.25) is 0 Å². The molecule has 0 unspecified atom stereocenters. The van der Waals surface area contributed by atoms with Crippen LogP contribution in [0.5, 0.6) is 11.5 Å². The second kappa shape index (κ2) is 5.24. The number of phenols is 2. The summed E-state index contributed by atoms with van der Waals surface area (Å²) in [6, 6.07) is 12.7. The first-order valence-electron chi connectivity index (χ1n) is 7.09. The number of benzene rings is 2. The van der Waals surface area contributed by atoms with Crippen molar-refractivity contribution in [2.45, 2.75) is 0 Å². The van der Waals surface area contributed by atoms with Gasteiger partial charge in [0.15, 0.2) is 5.69 Å². The third kappa shape index (κ3) is 2.38. The predicted molar refractivity (Wildman–Crippen MR) is 86.2 cm³/mol. The lowest BCUT2D eigenvalue weighted by molar-refractivity contribution is 0.472. The van der Waals surface area contributed by atoms with Gasteiger partial charge in [-0.3, -0.25) is 0 Å². The molecule has 0 saturated carbocycles. The van der Waals surface area contributed by atoms with Crippen LogP contribution in [-0.4, -0.2) is 25.2 Å². The van der Waals surface area contributed by atoms with Crippen molar-refractivity contribution in [3.05, 3.63) is 65.1 Å². The fourth-order valence-corrected chi connectivity index (χ4v) is 2.39. The molecule has 4 rings (SSSR count). The smallest absolute Gasteiger partial charge is 0.362 e. The standard InChI is InChI=1S/C17H11N3O4/c21-12-4-1-10(2-5-12)14-9-20(19-18-14)15-7-11-3-6-13(22)8-16(11)24-17(15)23/h1-9,21-22H. The molecule has 7 heteroatoms. The number of fused-ring (bicyclic) bond motifs is 1. The van der Waals surface area contributed by atoms with Gasteiger partial charge in [-0.2, -0.15) is 0 Å². The quantitative estimate of drug-likeness (QED) is 0.550. The average Bonchev–Trinajstić information content (AvgIpc) is 3.04. The summed E-state index contributed by atoms with van der Waals surface area (Å²) in [5, 5.41) is 27.4. The first kappa shape index (κ1) is 14.0. The van der Waals surface area contributed by atoms with Gasteiger partial charge >= 0.3 is 5.63 Å². The molecule has 0 aliphatic carbocycles. The molecule has 0 fully saturated rings. The fraction of sp³-hybridized carbons (Fsp3) is 0. The highest BCUT2D eigenvalue weighted by Gasteiger charge is 2.11. The molecule has 0 saturated heterocycles. The van der Waals surface area contributed by atoms with Gasteiger partial charge in [0.1, 0.15) is 22.8 Å². The summed E-state index contributed by atoms with van der Waals surface area (Å²) in [7, 11) is 0. The maximum Gasteiger partial charge on any atom is 0.362 e. The highest BCUT2D eigenvalue weighted by Crippen LogP contribution is 2.22. The number of nitrogens with zero attached hydrogens (tertiary/aromatic N) is 3. The largest absolute Gasteiger partial charge is 0.508 e. The van der Waals surface area contributed by atoms with Gasteiger partial charge in [0.2, 0.25) is 0 Å². The lowest BCUT2D eigenvalue weighted by Gasteiger charge is -2.01. The van der Waals surface area contributed by atoms with Crippen molar-refractivity contribution in [1.29, 1.82) is 0 Å². The summed E-state index contributed by atoms with van der Waals surface area (Å²) >= 11 is 0. The van der Waals surface area contributed by atoms with Gasteiger partial charge in [-0.25, -0.2) is 9.48 Å². The van der Waals surface area contributed by atoms with Crippen LogP contribution in [-0.2, 0) is 0 Å². The Kier molecular flexibility index (Phi) is 3.06. The van der Waals surface area contributed by atoms with E-state index in [0.717, 1.165) is 5.56 Å². The monoisotopic (exact) mass is 321 g/mol. The maximum atomic E-state index is 12.2. The Morgan fingerprint density at radius 1 is 0.958 bits per heavy atom. The Bertz CT molecular complexity index is 1100. The van der Waals surface area contributed by atoms with Gasteiger partial charge in [0.25, 0.3) is 0 Å². The molecular formula is C17H11N3O4. The Morgan fingerprint density at radius 2 is 1.71 bits per heavy atom. The van der Waals surface area contributed by atoms with Gasteiger partial charge < -0.3 is 14.6 Å². The molecule has 2 aromatic heterocycles. The third-order valence-electron chi connectivity index (χ3n) is 3.60. The Morgan fingerprint density at radius 3 is 2.50 bits per heavy atom. The zero-order chi connectivity index (χ0) is 16.7. The zero-order valence-corrected chi connectivity index (χ0v) is 12.2. The van der Waals surface area contributed by atoms with Crippen molar-refractivity contribution < 1.29 is 14.6 Å². The molecule has 2 aromatic carbocycles. The van der Waals surface area contributed by atoms with E-state index in [1.54, 1.807) is 42.6 Å². The Hall–Kier alpha value is -3.61. The van der Waals surface area contributed by atoms with Crippen LogP contribution < -0.4 is 5.63 Å². The van der Waals surface area contributed by atoms with Gasteiger partial charge in [-0.1, -0.05) is 5.21 Å². The van der Waals surface area contributed by atoms with Crippen LogP contribution in [0, 0.1) is 0 Å². The molecule has 4 aromatic rings. The summed E-state index contributed by atoms with van der Waals surface area (Å²) in [4.78, 5) is 12.2. The number of aromatic hydroxyl groups is 2. The van der Waals surface area contributed by atoms with Crippen molar-refractivity contribution in [3.63, 3.8) is 0 Å². The molecule has 0 bridgehead atoms. The first-order valence-corrected chi connectivity index (χ1v) is 7.09. The van der Waals surface area contributed by atoms with Gasteiger partial charge in [-0.15, -0.1) is 5.10 Å². The number of hydrogen-bond donors (Lipinski definition) is 2. The van der Waals surface area contributed by atoms with E-state index in [4.69, 9.17) is 4.42 Å². The SMILES string of the molecule is O=c1oc2cc(O)ccc2cc1-n1cc(-c2ccc(O)cc2)nn1. The van der Waals surface area contributed by atoms with Crippen molar-refractivity contribution in [1.82, 2.24) is 15.0 Å². The highest BCUT2D eigenvalue weighted by atomic mass is 16.4. The van der Waals surface area contributed by atoms with Crippen LogP contribution in [0.4, 0.5) is 0 Å². The molecule has 2 heterocycles. The number of hydrogen-bond acceptors (Lipinski definition) is 6. The van der Waals surface area contributed by atoms with E-state index in [0.29, 0.717) is 16.7 Å². The van der Waals surface area contributed by atoms with Crippen molar-refractivity contribution >= 4 is 11.0 Å². The summed E-state index contributed by atoms with van der Waals surface area (Å²) in [5.41, 5.74) is 1.23. The van der Waals surface area contributed by atoms with Crippen molar-refractivity contribution in [2.75, 3.05) is 0 Å². The lowest BCUT2D eigenvalue weighted by atomic mass is 10.1. The van der Waals surface area contributed by atoms with Crippen molar-refractivity contribution in [3.8, 4) is 28.4 Å². The van der Waals surface area contributed by atoms with E-state index in [2.05, 4.69) is 10.3 Å². The summed E-state index contributed by atoms with van der Waals surface area (Å²) in [5.74, 6) is 0.179. The van der Waals surface area contributed by atoms with Crippen LogP contribution in [0.15, 0.2) is 63.9 Å². The molecule has 0 spiro atoms. The van der Waals surface area contributed by atoms with Gasteiger partial charge in [0, 0.05) is 17.0 Å². The average molecular weight is 321 g/mol. The normalized spacial score (nSPS) is 11.0. The zero-order valence-electron chi connectivity index (χ0n) is 12.2. The second-order valence-corrected chi connectivity index (χ2v) is 5.24. The summed E-state index contributed by atoms with van der Waals surface area (Å²) in [6.07, 6.45) is 1.60. The minimum absolute atomic E-state index is 0.0220. The van der Waals surface area contributed by atoms with E-state index in [9.17, 15) is 15.0 Å². The van der Waals surface area contributed by atoms with Crippen LogP contribution in [0.1, 0.15) is 0 Å². The fourth-order valence-electron chi connectivity index (χ4n) is 2.39. The Balaban J connectivity index is 1.80. The van der Waals surface area contributed by atoms with Gasteiger partial charge in [-0.05, 0) is 42.5 Å². The van der Waals surface area contributed by atoms with Crippen LogP contribution in [0.25, 0.3) is 27.9 Å². The number of aromatic nitrogens is 3. The molecule has 0 aliphatic heterocycles. The first-order chi connectivity index (χ1) is 11.6. The molecule has 0 atom stereocenters. The molecule has 0 radical (unpaired) electrons. The molecule has 118 valence electrons. The van der Waals surface area contributed by atoms with E-state index in [1.165, 1.54) is 16.8 Å². The molecule has 0 aliphatic rings.